The molecule has 5 nitrogen and oxygen atoms in total. The number of nitrogens with one attached hydrogen (secondary N) is 1. The van der Waals surface area contributed by atoms with Crippen molar-refractivity contribution < 1.29 is 4.79 Å². The van der Waals surface area contributed by atoms with Crippen LogP contribution in [0.1, 0.15) is 21.5 Å². The second-order valence-electron chi connectivity index (χ2n) is 7.54. The molecule has 1 aliphatic heterocycles. The second-order valence-corrected chi connectivity index (χ2v) is 7.54. The summed E-state index contributed by atoms with van der Waals surface area (Å²) in [4.78, 5) is 21.6. The summed E-state index contributed by atoms with van der Waals surface area (Å²) in [6.07, 6.45) is 1.84. The van der Waals surface area contributed by atoms with Crippen LogP contribution < -0.4 is 15.1 Å². The van der Waals surface area contributed by atoms with Crippen molar-refractivity contribution in [3.05, 3.63) is 83.6 Å². The van der Waals surface area contributed by atoms with Crippen molar-refractivity contribution in [2.75, 3.05) is 41.3 Å². The number of carbonyl (C=O) groups excluding carboxylic acids is 1. The highest BCUT2D eigenvalue weighted by Crippen LogP contribution is 2.22. The van der Waals surface area contributed by atoms with Crippen molar-refractivity contribution in [1.29, 1.82) is 0 Å². The van der Waals surface area contributed by atoms with Gasteiger partial charge in [0.15, 0.2) is 0 Å². The summed E-state index contributed by atoms with van der Waals surface area (Å²) >= 11 is 0. The number of rotatable bonds is 4. The van der Waals surface area contributed by atoms with Gasteiger partial charge in [0.05, 0.1) is 11.9 Å². The lowest BCUT2D eigenvalue weighted by Crippen LogP contribution is -2.46. The van der Waals surface area contributed by atoms with Crippen LogP contribution in [0.5, 0.6) is 0 Å². The van der Waals surface area contributed by atoms with Gasteiger partial charge in [-0.05, 0) is 55.8 Å². The summed E-state index contributed by atoms with van der Waals surface area (Å²) in [6, 6.07) is 20.1. The normalized spacial score (nSPS) is 14.0. The summed E-state index contributed by atoms with van der Waals surface area (Å²) in [6.45, 7) is 7.97. The minimum Gasteiger partial charge on any atom is -0.368 e. The zero-order valence-corrected chi connectivity index (χ0v) is 16.9. The quantitative estimate of drug-likeness (QED) is 0.727. The van der Waals surface area contributed by atoms with Crippen LogP contribution in [0.3, 0.4) is 0 Å². The lowest BCUT2D eigenvalue weighted by atomic mass is 10.1. The SMILES string of the molecule is Cc1cccc(C(=O)Nc2ccc(N3CCN(c4cccc(C)c4)CC3)cn2)c1. The number of amides is 1. The molecule has 0 saturated carbocycles. The van der Waals surface area contributed by atoms with Gasteiger partial charge >= 0.3 is 0 Å². The topological polar surface area (TPSA) is 48.5 Å². The highest BCUT2D eigenvalue weighted by Gasteiger charge is 2.18. The molecule has 0 bridgehead atoms. The number of hydrogen-bond donors (Lipinski definition) is 1. The van der Waals surface area contributed by atoms with Crippen LogP contribution in [0.15, 0.2) is 66.9 Å². The number of benzene rings is 2. The predicted octanol–water partition coefficient (Wildman–Crippen LogP) is 4.28. The fourth-order valence-electron chi connectivity index (χ4n) is 3.67. The molecule has 5 heteroatoms. The first-order valence-electron chi connectivity index (χ1n) is 9.99. The molecule has 0 radical (unpaired) electrons. The van der Waals surface area contributed by atoms with Crippen LogP contribution in [0.25, 0.3) is 0 Å². The van der Waals surface area contributed by atoms with Crippen molar-refractivity contribution in [2.24, 2.45) is 0 Å². The van der Waals surface area contributed by atoms with Crippen LogP contribution in [0.2, 0.25) is 0 Å². The maximum absolute atomic E-state index is 12.4. The van der Waals surface area contributed by atoms with E-state index >= 15 is 0 Å². The molecule has 1 fully saturated rings. The molecule has 4 rings (SSSR count). The second kappa shape index (κ2) is 8.35. The van der Waals surface area contributed by atoms with Gasteiger partial charge in [0.2, 0.25) is 0 Å². The molecular formula is C24H26N4O. The van der Waals surface area contributed by atoms with E-state index in [1.54, 1.807) is 0 Å². The van der Waals surface area contributed by atoms with Crippen molar-refractivity contribution in [3.8, 4) is 0 Å². The fraction of sp³-hybridized carbons (Fsp3) is 0.250. The molecule has 1 aliphatic rings. The molecule has 2 heterocycles. The van der Waals surface area contributed by atoms with Gasteiger partial charge < -0.3 is 15.1 Å². The van der Waals surface area contributed by atoms with Gasteiger partial charge in [0.1, 0.15) is 5.82 Å². The van der Waals surface area contributed by atoms with Gasteiger partial charge in [-0.25, -0.2) is 4.98 Å². The summed E-state index contributed by atoms with van der Waals surface area (Å²) < 4.78 is 0. The van der Waals surface area contributed by atoms with Crippen LogP contribution in [0, 0.1) is 13.8 Å². The van der Waals surface area contributed by atoms with Gasteiger partial charge in [-0.3, -0.25) is 4.79 Å². The first-order chi connectivity index (χ1) is 14.1. The van der Waals surface area contributed by atoms with E-state index in [0.29, 0.717) is 11.4 Å². The zero-order valence-electron chi connectivity index (χ0n) is 16.9. The van der Waals surface area contributed by atoms with Gasteiger partial charge in [-0.15, -0.1) is 0 Å². The largest absolute Gasteiger partial charge is 0.368 e. The van der Waals surface area contributed by atoms with Crippen molar-refractivity contribution in [3.63, 3.8) is 0 Å². The molecular weight excluding hydrogens is 360 g/mol. The molecule has 0 spiro atoms. The number of nitrogens with zero attached hydrogens (tertiary/aromatic N) is 3. The van der Waals surface area contributed by atoms with Crippen LogP contribution in [0.4, 0.5) is 17.2 Å². The van der Waals surface area contributed by atoms with E-state index in [9.17, 15) is 4.79 Å². The predicted molar refractivity (Wildman–Crippen MR) is 119 cm³/mol. The smallest absolute Gasteiger partial charge is 0.256 e. The Labute approximate surface area is 172 Å². The van der Waals surface area contributed by atoms with Crippen LogP contribution >= 0.6 is 0 Å². The van der Waals surface area contributed by atoms with E-state index in [0.717, 1.165) is 37.4 Å². The Kier molecular flexibility index (Phi) is 5.47. The lowest BCUT2D eigenvalue weighted by molar-refractivity contribution is 0.102. The molecule has 148 valence electrons. The standard InChI is InChI=1S/C24H26N4O/c1-18-5-3-7-20(15-18)24(29)26-23-10-9-22(17-25-23)28-13-11-27(12-14-28)21-8-4-6-19(2)16-21/h3-10,15-17H,11-14H2,1-2H3,(H,25,26,29). The van der Waals surface area contributed by atoms with E-state index < -0.39 is 0 Å². The Morgan fingerprint density at radius 1 is 0.828 bits per heavy atom. The Morgan fingerprint density at radius 2 is 1.48 bits per heavy atom. The number of piperazine rings is 1. The van der Waals surface area contributed by atoms with Crippen LogP contribution in [-0.2, 0) is 0 Å². The molecule has 29 heavy (non-hydrogen) atoms. The van der Waals surface area contributed by atoms with E-state index in [1.807, 2.05) is 49.5 Å². The Balaban J connectivity index is 1.35. The average Bonchev–Trinajstić information content (AvgIpc) is 2.74. The van der Waals surface area contributed by atoms with Crippen LogP contribution in [-0.4, -0.2) is 37.1 Å². The van der Waals surface area contributed by atoms with Gasteiger partial charge in [-0.2, -0.15) is 0 Å². The van der Waals surface area contributed by atoms with Crippen molar-refractivity contribution in [2.45, 2.75) is 13.8 Å². The maximum atomic E-state index is 12.4. The highest BCUT2D eigenvalue weighted by molar-refractivity contribution is 6.03. The number of carbonyl (C=O) groups is 1. The Morgan fingerprint density at radius 3 is 2.10 bits per heavy atom. The Bertz CT molecular complexity index is 992. The number of hydrogen-bond acceptors (Lipinski definition) is 4. The fourth-order valence-corrected chi connectivity index (χ4v) is 3.67. The third kappa shape index (κ3) is 4.57. The molecule has 1 aromatic heterocycles. The number of aryl methyl sites for hydroxylation is 2. The first kappa shape index (κ1) is 19.0. The minimum atomic E-state index is -0.138. The van der Waals surface area contributed by atoms with E-state index in [2.05, 4.69) is 51.3 Å². The Hall–Kier alpha value is -3.34. The minimum absolute atomic E-state index is 0.138. The highest BCUT2D eigenvalue weighted by atomic mass is 16.1. The number of aromatic nitrogens is 1. The summed E-state index contributed by atoms with van der Waals surface area (Å²) in [5.41, 5.74) is 5.37. The molecule has 1 amide bonds. The zero-order chi connectivity index (χ0) is 20.2. The number of anilines is 3. The third-order valence-corrected chi connectivity index (χ3v) is 5.28. The van der Waals surface area contributed by atoms with Gasteiger partial charge in [-0.1, -0.05) is 29.8 Å². The van der Waals surface area contributed by atoms with Crippen molar-refractivity contribution in [1.82, 2.24) is 4.98 Å². The van der Waals surface area contributed by atoms with E-state index in [4.69, 9.17) is 0 Å². The van der Waals surface area contributed by atoms with Crippen molar-refractivity contribution >= 4 is 23.1 Å². The van der Waals surface area contributed by atoms with Gasteiger partial charge in [0.25, 0.3) is 5.91 Å². The molecule has 0 aliphatic carbocycles. The third-order valence-electron chi connectivity index (χ3n) is 5.28. The molecule has 2 aromatic carbocycles. The van der Waals surface area contributed by atoms with Gasteiger partial charge in [0, 0.05) is 37.4 Å². The first-order valence-corrected chi connectivity index (χ1v) is 9.99. The summed E-state index contributed by atoms with van der Waals surface area (Å²) in [7, 11) is 0. The molecule has 1 saturated heterocycles. The molecule has 1 N–H and O–H groups in total. The monoisotopic (exact) mass is 386 g/mol. The molecule has 3 aromatic rings. The molecule has 0 unspecified atom stereocenters. The average molecular weight is 386 g/mol. The summed E-state index contributed by atoms with van der Waals surface area (Å²) in [5, 5.41) is 2.87. The number of pyridine rings is 1. The molecule has 0 atom stereocenters. The van der Waals surface area contributed by atoms with E-state index in [-0.39, 0.29) is 5.91 Å². The van der Waals surface area contributed by atoms with E-state index in [1.165, 1.54) is 11.3 Å². The summed E-state index contributed by atoms with van der Waals surface area (Å²) in [5.74, 6) is 0.430. The lowest BCUT2D eigenvalue weighted by Gasteiger charge is -2.37. The maximum Gasteiger partial charge on any atom is 0.256 e.